The first kappa shape index (κ1) is 33.5. The number of hydrogen-bond donors (Lipinski definition) is 2. The van der Waals surface area contributed by atoms with Crippen LogP contribution in [0, 0.1) is 17.3 Å². The Bertz CT molecular complexity index is 1560. The number of ether oxygens (including phenoxy) is 1. The molecule has 1 unspecified atom stereocenters. The third-order valence-corrected chi connectivity index (χ3v) is 10.1. The molecule has 2 N–H and O–H groups in total. The zero-order valence-electron chi connectivity index (χ0n) is 25.5. The number of allylic oxidation sites excluding steroid dienone is 4. The highest BCUT2D eigenvalue weighted by atomic mass is 19.4. The summed E-state index contributed by atoms with van der Waals surface area (Å²) in [5.74, 6) is 0.454. The van der Waals surface area contributed by atoms with E-state index in [1.807, 2.05) is 30.3 Å². The van der Waals surface area contributed by atoms with E-state index in [0.717, 1.165) is 44.1 Å². The zero-order chi connectivity index (χ0) is 33.4. The molecule has 246 valence electrons. The van der Waals surface area contributed by atoms with Crippen LogP contribution in [0.2, 0.25) is 0 Å². The highest BCUT2D eigenvalue weighted by Crippen LogP contribution is 2.63. The number of carbonyl (C=O) groups is 3. The number of para-hydroxylation sites is 1. The Kier molecular flexibility index (Phi) is 9.54. The number of esters is 1. The first-order valence-corrected chi connectivity index (χ1v) is 15.3. The molecule has 2 aromatic rings. The lowest BCUT2D eigenvalue weighted by molar-refractivity contribution is -0.219. The van der Waals surface area contributed by atoms with Crippen LogP contribution in [-0.4, -0.2) is 48.6 Å². The molecule has 46 heavy (non-hydrogen) atoms. The number of nitrogens with one attached hydrogen (secondary N) is 1. The van der Waals surface area contributed by atoms with E-state index in [1.165, 1.54) is 23.8 Å². The number of anilines is 1. The molecule has 2 aromatic carbocycles. The number of ketones is 1. The summed E-state index contributed by atoms with van der Waals surface area (Å²) < 4.78 is 57.0. The van der Waals surface area contributed by atoms with Crippen LogP contribution in [-0.2, 0) is 9.53 Å². The van der Waals surface area contributed by atoms with E-state index in [2.05, 4.69) is 12.2 Å². The average Bonchev–Trinajstić information content (AvgIpc) is 3.33. The van der Waals surface area contributed by atoms with Gasteiger partial charge in [-0.2, -0.15) is 13.2 Å². The highest BCUT2D eigenvalue weighted by molar-refractivity contribution is 6.08. The fraction of sp³-hybridized carbons (Fsp3) is 0.457. The topological polar surface area (TPSA) is 92.7 Å². The molecule has 11 heteroatoms. The molecule has 0 heterocycles. The summed E-state index contributed by atoms with van der Waals surface area (Å²) in [6.45, 7) is 2.26. The van der Waals surface area contributed by atoms with Gasteiger partial charge in [-0.05, 0) is 103 Å². The van der Waals surface area contributed by atoms with Crippen molar-refractivity contribution >= 4 is 23.3 Å². The van der Waals surface area contributed by atoms with Gasteiger partial charge >= 0.3 is 18.6 Å². The number of fused-ring (bicyclic) bond motifs is 4. The number of aliphatic hydroxyl groups excluding tert-OH is 1. The minimum absolute atomic E-state index is 0.140. The van der Waals surface area contributed by atoms with E-state index < -0.39 is 18.6 Å². The molecule has 0 radical (unpaired) electrons. The number of aliphatic hydroxyl groups is 1. The molecule has 0 saturated heterocycles. The van der Waals surface area contributed by atoms with E-state index >= 15 is 0 Å². The molecule has 4 aliphatic carbocycles. The molecule has 2 saturated carbocycles. The Labute approximate surface area is 263 Å². The molecule has 0 bridgehead atoms. The maximum absolute atomic E-state index is 13.1. The Morgan fingerprint density at radius 2 is 1.67 bits per heavy atom. The summed E-state index contributed by atoms with van der Waals surface area (Å²) in [6.07, 6.45) is -1.86. The fourth-order valence-corrected chi connectivity index (χ4v) is 7.87. The van der Waals surface area contributed by atoms with Crippen molar-refractivity contribution in [2.75, 3.05) is 12.4 Å². The number of rotatable bonds is 4. The number of carbonyl (C=O) groups excluding carboxylic acids is 3. The Hall–Kier alpha value is -3.86. The summed E-state index contributed by atoms with van der Waals surface area (Å²) in [4.78, 5) is 37.4. The van der Waals surface area contributed by atoms with Crippen LogP contribution in [0.1, 0.15) is 84.1 Å². The Morgan fingerprint density at radius 3 is 2.33 bits per heavy atom. The minimum Gasteiger partial charge on any atom is -0.465 e. The second-order valence-electron chi connectivity index (χ2n) is 12.6. The highest BCUT2D eigenvalue weighted by Gasteiger charge is 2.56. The van der Waals surface area contributed by atoms with Gasteiger partial charge in [-0.15, -0.1) is 0 Å². The van der Waals surface area contributed by atoms with E-state index in [0.29, 0.717) is 35.1 Å². The fourth-order valence-electron chi connectivity index (χ4n) is 7.87. The molecule has 0 spiro atoms. The number of methoxy groups -OCH3 is 1. The molecule has 2 fully saturated rings. The van der Waals surface area contributed by atoms with Crippen LogP contribution in [0.5, 0.6) is 0 Å². The molecule has 6 nitrogen and oxygen atoms in total. The Balaban J connectivity index is 0.000000537. The molecule has 1 amide bonds. The molecular weight excluding hydrogens is 609 g/mol. The SMILES string of the molecule is COC(=O)c1ccccc1NC(=O)c1ccc([C@H]2C[C@@]3(C)C(CC[C@@H]3O)[C@@H]3CCC4=CC(=O)CCC4=C32)cc1.FC(F)C(F)(F)F. The van der Waals surface area contributed by atoms with E-state index in [9.17, 15) is 41.4 Å². The predicted octanol–water partition coefficient (Wildman–Crippen LogP) is 7.80. The van der Waals surface area contributed by atoms with Gasteiger partial charge in [0.1, 0.15) is 0 Å². The van der Waals surface area contributed by atoms with Gasteiger partial charge in [0.2, 0.25) is 0 Å². The number of benzene rings is 2. The lowest BCUT2D eigenvalue weighted by Gasteiger charge is -2.52. The van der Waals surface area contributed by atoms with E-state index in [-0.39, 0.29) is 29.1 Å². The molecule has 4 aliphatic rings. The van der Waals surface area contributed by atoms with Crippen LogP contribution >= 0.6 is 0 Å². The van der Waals surface area contributed by atoms with E-state index in [4.69, 9.17) is 4.74 Å². The molecule has 0 aliphatic heterocycles. The van der Waals surface area contributed by atoms with Crippen molar-refractivity contribution in [3.05, 3.63) is 88.0 Å². The van der Waals surface area contributed by atoms with Gasteiger partial charge in [-0.25, -0.2) is 13.6 Å². The predicted molar refractivity (Wildman–Crippen MR) is 161 cm³/mol. The minimum atomic E-state index is -5.33. The largest absolute Gasteiger partial charge is 0.465 e. The number of alkyl halides is 5. The molecule has 6 rings (SSSR count). The van der Waals surface area contributed by atoms with Crippen LogP contribution in [0.15, 0.2) is 71.3 Å². The number of hydrogen-bond acceptors (Lipinski definition) is 5. The average molecular weight is 646 g/mol. The number of amides is 1. The monoisotopic (exact) mass is 645 g/mol. The van der Waals surface area contributed by atoms with Crippen molar-refractivity contribution in [1.82, 2.24) is 0 Å². The van der Waals surface area contributed by atoms with Crippen LogP contribution in [0.25, 0.3) is 0 Å². The first-order valence-electron chi connectivity index (χ1n) is 15.3. The zero-order valence-corrected chi connectivity index (χ0v) is 25.5. The van der Waals surface area contributed by atoms with Crippen molar-refractivity contribution in [3.8, 4) is 0 Å². The van der Waals surface area contributed by atoms with Gasteiger partial charge in [0.05, 0.1) is 24.5 Å². The summed E-state index contributed by atoms with van der Waals surface area (Å²) in [7, 11) is 1.31. The lowest BCUT2D eigenvalue weighted by Crippen LogP contribution is -2.45. The van der Waals surface area contributed by atoms with E-state index in [1.54, 1.807) is 24.3 Å². The second kappa shape index (κ2) is 13.1. The summed E-state index contributed by atoms with van der Waals surface area (Å²) in [5, 5.41) is 13.9. The van der Waals surface area contributed by atoms with Crippen LogP contribution < -0.4 is 5.32 Å². The number of halogens is 5. The lowest BCUT2D eigenvalue weighted by atomic mass is 9.53. The van der Waals surface area contributed by atoms with Gasteiger partial charge in [-0.1, -0.05) is 36.8 Å². The smallest absolute Gasteiger partial charge is 0.450 e. The maximum atomic E-state index is 13.1. The third-order valence-electron chi connectivity index (χ3n) is 10.1. The van der Waals surface area contributed by atoms with Crippen molar-refractivity contribution in [2.24, 2.45) is 17.3 Å². The van der Waals surface area contributed by atoms with Crippen molar-refractivity contribution in [2.45, 2.75) is 76.5 Å². The van der Waals surface area contributed by atoms with Gasteiger partial charge in [-0.3, -0.25) is 9.59 Å². The standard InChI is InChI=1S/C33H35NO5.C2HF5/c1-33-18-26(30-23-14-12-22(35)17-21(23)11-13-24(30)27(33)15-16-29(33)36)19-7-9-20(10-8-19)31(37)34-28-6-4-3-5-25(28)32(38)39-2;3-1(4)2(5,6)7/h3-10,17,24,26-27,29,36H,11-16,18H2,1-2H3,(H,34,37);1H/t24-,26+,27?,29-,33-;/m0./s1. The third kappa shape index (κ3) is 6.52. The summed E-state index contributed by atoms with van der Waals surface area (Å²) >= 11 is 0. The van der Waals surface area contributed by atoms with Gasteiger partial charge in [0.25, 0.3) is 5.91 Å². The van der Waals surface area contributed by atoms with Crippen molar-refractivity contribution in [3.63, 3.8) is 0 Å². The normalized spacial score (nSPS) is 27.1. The quantitative estimate of drug-likeness (QED) is 0.262. The maximum Gasteiger partial charge on any atom is 0.450 e. The molecule has 5 atom stereocenters. The van der Waals surface area contributed by atoms with Gasteiger partial charge in [0, 0.05) is 17.9 Å². The second-order valence-corrected chi connectivity index (χ2v) is 12.6. The van der Waals surface area contributed by atoms with Crippen molar-refractivity contribution in [1.29, 1.82) is 0 Å². The van der Waals surface area contributed by atoms with Crippen molar-refractivity contribution < 1.29 is 46.2 Å². The summed E-state index contributed by atoms with van der Waals surface area (Å²) in [5.41, 5.74) is 6.27. The van der Waals surface area contributed by atoms with Crippen LogP contribution in [0.4, 0.5) is 27.6 Å². The summed E-state index contributed by atoms with van der Waals surface area (Å²) in [6, 6.07) is 14.5. The first-order chi connectivity index (χ1) is 21.7. The van der Waals surface area contributed by atoms with Gasteiger partial charge in [0.15, 0.2) is 5.78 Å². The Morgan fingerprint density at radius 1 is 1.00 bits per heavy atom. The van der Waals surface area contributed by atoms with Crippen LogP contribution in [0.3, 0.4) is 0 Å². The molecule has 0 aromatic heterocycles. The van der Waals surface area contributed by atoms with Gasteiger partial charge < -0.3 is 15.2 Å². The molecular formula is C35H36F5NO5.